The van der Waals surface area contributed by atoms with Gasteiger partial charge in [-0.2, -0.15) is 4.31 Å². The molecule has 0 bridgehead atoms. The number of piperidine rings is 1. The lowest BCUT2D eigenvalue weighted by atomic mass is 9.96. The van der Waals surface area contributed by atoms with Gasteiger partial charge in [0.25, 0.3) is 0 Å². The number of carboxylic acids is 1. The number of aryl methyl sites for hydroxylation is 2. The fourth-order valence-corrected chi connectivity index (χ4v) is 4.72. The third-order valence-electron chi connectivity index (χ3n) is 4.65. The zero-order valence-corrected chi connectivity index (χ0v) is 15.5. The molecule has 1 amide bonds. The number of rotatable bonds is 5. The number of carboxylic acid groups (broad SMARTS) is 1. The Hall–Kier alpha value is -1.94. The third-order valence-corrected chi connectivity index (χ3v) is 6.80. The summed E-state index contributed by atoms with van der Waals surface area (Å²) in [5.41, 5.74) is 0.311. The maximum absolute atomic E-state index is 12.8. The Bertz CT molecular complexity index is 745. The average molecular weight is 373 g/mol. The molecule has 1 aromatic rings. The van der Waals surface area contributed by atoms with E-state index in [4.69, 9.17) is 9.63 Å². The van der Waals surface area contributed by atoms with Crippen LogP contribution in [0.25, 0.3) is 0 Å². The van der Waals surface area contributed by atoms with Crippen LogP contribution in [0.2, 0.25) is 0 Å². The third kappa shape index (κ3) is 3.69. The quantitative estimate of drug-likeness (QED) is 0.803. The minimum absolute atomic E-state index is 0.0777. The molecule has 1 aromatic heterocycles. The van der Waals surface area contributed by atoms with Crippen molar-refractivity contribution < 1.29 is 27.6 Å². The van der Waals surface area contributed by atoms with Gasteiger partial charge >= 0.3 is 5.97 Å². The molecule has 140 valence electrons. The number of nitrogens with zero attached hydrogens (tertiary/aromatic N) is 3. The monoisotopic (exact) mass is 373 g/mol. The van der Waals surface area contributed by atoms with Gasteiger partial charge < -0.3 is 14.5 Å². The fraction of sp³-hybridized carbons (Fsp3) is 0.667. The summed E-state index contributed by atoms with van der Waals surface area (Å²) in [5, 5.41) is 12.7. The first-order chi connectivity index (χ1) is 11.6. The van der Waals surface area contributed by atoms with Crippen LogP contribution in [0.5, 0.6) is 0 Å². The molecule has 9 nitrogen and oxygen atoms in total. The number of carbonyl (C=O) groups is 2. The van der Waals surface area contributed by atoms with Crippen molar-refractivity contribution >= 4 is 21.9 Å². The van der Waals surface area contributed by atoms with Crippen molar-refractivity contribution in [1.82, 2.24) is 14.4 Å². The molecule has 10 heteroatoms. The molecule has 0 aliphatic carbocycles. The van der Waals surface area contributed by atoms with E-state index in [1.807, 2.05) is 0 Å². The maximum Gasteiger partial charge on any atom is 0.326 e. The van der Waals surface area contributed by atoms with Crippen LogP contribution in [0.1, 0.15) is 31.2 Å². The first-order valence-corrected chi connectivity index (χ1v) is 9.43. The molecule has 0 spiro atoms. The van der Waals surface area contributed by atoms with Crippen molar-refractivity contribution in [1.29, 1.82) is 0 Å². The summed E-state index contributed by atoms with van der Waals surface area (Å²) in [4.78, 5) is 24.7. The summed E-state index contributed by atoms with van der Waals surface area (Å²) in [7, 11) is -2.27. The Morgan fingerprint density at radius 1 is 1.32 bits per heavy atom. The molecule has 25 heavy (non-hydrogen) atoms. The SMILES string of the molecule is Cc1noc(C)c1S(=O)(=O)N1CCC(C(=O)N(C)C(C)C(=O)O)CC1. The summed E-state index contributed by atoms with van der Waals surface area (Å²) in [6.45, 7) is 4.95. The molecule has 0 radical (unpaired) electrons. The van der Waals surface area contributed by atoms with E-state index in [1.54, 1.807) is 13.8 Å². The smallest absolute Gasteiger partial charge is 0.326 e. The van der Waals surface area contributed by atoms with Crippen LogP contribution in [0, 0.1) is 19.8 Å². The van der Waals surface area contributed by atoms with Gasteiger partial charge in [-0.1, -0.05) is 5.16 Å². The minimum Gasteiger partial charge on any atom is -0.480 e. The van der Waals surface area contributed by atoms with Crippen LogP contribution < -0.4 is 0 Å². The lowest BCUT2D eigenvalue weighted by Gasteiger charge is -2.33. The normalized spacial score (nSPS) is 18.1. The molecule has 1 aliphatic heterocycles. The van der Waals surface area contributed by atoms with E-state index in [0.717, 1.165) is 0 Å². The van der Waals surface area contributed by atoms with E-state index in [2.05, 4.69) is 5.16 Å². The topological polar surface area (TPSA) is 121 Å². The predicted molar refractivity (Wildman–Crippen MR) is 87.3 cm³/mol. The lowest BCUT2D eigenvalue weighted by Crippen LogP contribution is -2.47. The van der Waals surface area contributed by atoms with Crippen LogP contribution in [0.3, 0.4) is 0 Å². The Morgan fingerprint density at radius 3 is 2.32 bits per heavy atom. The number of hydrogen-bond donors (Lipinski definition) is 1. The molecule has 1 aliphatic rings. The Kier molecular flexibility index (Phi) is 5.52. The molecule has 0 saturated carbocycles. The molecular weight excluding hydrogens is 350 g/mol. The number of sulfonamides is 1. The first kappa shape index (κ1) is 19.4. The maximum atomic E-state index is 12.8. The van der Waals surface area contributed by atoms with Crippen molar-refractivity contribution in [3.05, 3.63) is 11.5 Å². The van der Waals surface area contributed by atoms with Gasteiger partial charge in [-0.15, -0.1) is 0 Å². The molecular formula is C15H23N3O6S. The highest BCUT2D eigenvalue weighted by molar-refractivity contribution is 7.89. The number of hydrogen-bond acceptors (Lipinski definition) is 6. The van der Waals surface area contributed by atoms with E-state index < -0.39 is 22.0 Å². The Balaban J connectivity index is 2.07. The second kappa shape index (κ2) is 7.12. The van der Waals surface area contributed by atoms with E-state index in [0.29, 0.717) is 18.5 Å². The number of aromatic nitrogens is 1. The highest BCUT2D eigenvalue weighted by atomic mass is 32.2. The summed E-state index contributed by atoms with van der Waals surface area (Å²) >= 11 is 0. The van der Waals surface area contributed by atoms with Gasteiger partial charge in [-0.25, -0.2) is 13.2 Å². The Morgan fingerprint density at radius 2 is 1.88 bits per heavy atom. The number of likely N-dealkylation sites (N-methyl/N-ethyl adjacent to an activating group) is 1. The van der Waals surface area contributed by atoms with Crippen LogP contribution in [0.15, 0.2) is 9.42 Å². The van der Waals surface area contributed by atoms with Crippen LogP contribution in [-0.2, 0) is 19.6 Å². The van der Waals surface area contributed by atoms with Crippen LogP contribution >= 0.6 is 0 Å². The number of aliphatic carboxylic acids is 1. The van der Waals surface area contributed by atoms with Crippen molar-refractivity contribution in [3.8, 4) is 0 Å². The van der Waals surface area contributed by atoms with Crippen molar-refractivity contribution in [2.45, 2.75) is 44.6 Å². The summed E-state index contributed by atoms with van der Waals surface area (Å²) < 4.78 is 31.8. The minimum atomic E-state index is -3.72. The summed E-state index contributed by atoms with van der Waals surface area (Å²) in [5.74, 6) is -1.49. The second-order valence-electron chi connectivity index (χ2n) is 6.30. The molecule has 2 heterocycles. The van der Waals surface area contributed by atoms with E-state index in [-0.39, 0.29) is 35.6 Å². The van der Waals surface area contributed by atoms with E-state index in [1.165, 1.54) is 23.2 Å². The lowest BCUT2D eigenvalue weighted by molar-refractivity contribution is -0.150. The van der Waals surface area contributed by atoms with Crippen molar-refractivity contribution in [3.63, 3.8) is 0 Å². The van der Waals surface area contributed by atoms with E-state index in [9.17, 15) is 18.0 Å². The van der Waals surface area contributed by atoms with Crippen LogP contribution in [0.4, 0.5) is 0 Å². The Labute approximate surface area is 146 Å². The van der Waals surface area contributed by atoms with Gasteiger partial charge in [0.15, 0.2) is 5.76 Å². The zero-order valence-electron chi connectivity index (χ0n) is 14.7. The molecule has 1 unspecified atom stereocenters. The molecule has 1 atom stereocenters. The number of carbonyl (C=O) groups excluding carboxylic acids is 1. The van der Waals surface area contributed by atoms with Gasteiger partial charge in [0.1, 0.15) is 16.6 Å². The first-order valence-electron chi connectivity index (χ1n) is 7.99. The van der Waals surface area contributed by atoms with Gasteiger partial charge in [0.2, 0.25) is 15.9 Å². The van der Waals surface area contributed by atoms with Gasteiger partial charge in [0, 0.05) is 26.1 Å². The van der Waals surface area contributed by atoms with Crippen molar-refractivity contribution in [2.24, 2.45) is 5.92 Å². The van der Waals surface area contributed by atoms with Gasteiger partial charge in [-0.3, -0.25) is 4.79 Å². The highest BCUT2D eigenvalue weighted by Crippen LogP contribution is 2.28. The van der Waals surface area contributed by atoms with E-state index >= 15 is 0 Å². The molecule has 1 fully saturated rings. The second-order valence-corrected chi connectivity index (χ2v) is 8.17. The van der Waals surface area contributed by atoms with Gasteiger partial charge in [-0.05, 0) is 33.6 Å². The van der Waals surface area contributed by atoms with Crippen LogP contribution in [-0.4, -0.2) is 65.9 Å². The molecule has 2 rings (SSSR count). The zero-order chi connectivity index (χ0) is 18.9. The van der Waals surface area contributed by atoms with Crippen molar-refractivity contribution in [2.75, 3.05) is 20.1 Å². The molecule has 0 aromatic carbocycles. The predicted octanol–water partition coefficient (Wildman–Crippen LogP) is 0.624. The largest absolute Gasteiger partial charge is 0.480 e. The standard InChI is InChI=1S/C15H23N3O6S/c1-9-13(11(3)24-16-9)25(22,23)18-7-5-12(6-8-18)14(19)17(4)10(2)15(20)21/h10,12H,5-8H2,1-4H3,(H,20,21). The molecule has 1 N–H and O–H groups in total. The van der Waals surface area contributed by atoms with Gasteiger partial charge in [0.05, 0.1) is 0 Å². The highest BCUT2D eigenvalue weighted by Gasteiger charge is 2.37. The summed E-state index contributed by atoms with van der Waals surface area (Å²) in [6.07, 6.45) is 0.691. The fourth-order valence-electron chi connectivity index (χ4n) is 2.96. The molecule has 1 saturated heterocycles. The summed E-state index contributed by atoms with van der Waals surface area (Å²) in [6, 6.07) is -0.920. The number of amides is 1. The average Bonchev–Trinajstić information content (AvgIpc) is 2.92.